The Morgan fingerprint density at radius 1 is 1.35 bits per heavy atom. The van der Waals surface area contributed by atoms with Crippen LogP contribution in [0.25, 0.3) is 0 Å². The minimum atomic E-state index is -4.40. The molecule has 1 atom stereocenters. The molecule has 2 nitrogen and oxygen atoms in total. The number of hydrogen-bond donors (Lipinski definition) is 1. The van der Waals surface area contributed by atoms with Crippen LogP contribution in [-0.4, -0.2) is 12.0 Å². The van der Waals surface area contributed by atoms with Crippen molar-refractivity contribution < 1.29 is 13.2 Å². The monoisotopic (exact) mass is 364 g/mol. The van der Waals surface area contributed by atoms with Crippen molar-refractivity contribution in [3.05, 3.63) is 49.9 Å². The molecule has 0 radical (unpaired) electrons. The number of thiazole rings is 1. The molecule has 0 aliphatic heterocycles. The fourth-order valence-electron chi connectivity index (χ4n) is 1.94. The van der Waals surface area contributed by atoms with Crippen LogP contribution in [-0.2, 0) is 6.18 Å². The van der Waals surface area contributed by atoms with Crippen molar-refractivity contribution in [2.45, 2.75) is 19.1 Å². The summed E-state index contributed by atoms with van der Waals surface area (Å²) in [5.74, 6) is 0. The second-order valence-electron chi connectivity index (χ2n) is 4.24. The van der Waals surface area contributed by atoms with E-state index in [1.807, 2.05) is 25.1 Å². The SMILES string of the molecule is CNC(c1cnc(C(F)(F)F)s1)c1cccc(Br)c1C. The first-order valence-corrected chi connectivity index (χ1v) is 7.40. The van der Waals surface area contributed by atoms with Crippen molar-refractivity contribution in [3.8, 4) is 0 Å². The molecule has 2 rings (SSSR count). The number of alkyl halides is 3. The van der Waals surface area contributed by atoms with Gasteiger partial charge in [-0.3, -0.25) is 0 Å². The van der Waals surface area contributed by atoms with Crippen molar-refractivity contribution in [3.63, 3.8) is 0 Å². The average Bonchev–Trinajstić information content (AvgIpc) is 2.85. The number of benzene rings is 1. The van der Waals surface area contributed by atoms with E-state index < -0.39 is 11.2 Å². The second-order valence-corrected chi connectivity index (χ2v) is 6.16. The summed E-state index contributed by atoms with van der Waals surface area (Å²) in [7, 11) is 1.72. The van der Waals surface area contributed by atoms with Gasteiger partial charge in [0.05, 0.1) is 6.04 Å². The van der Waals surface area contributed by atoms with Gasteiger partial charge in [0.2, 0.25) is 0 Å². The van der Waals surface area contributed by atoms with Crippen molar-refractivity contribution in [1.82, 2.24) is 10.3 Å². The first-order chi connectivity index (χ1) is 9.34. The number of aromatic nitrogens is 1. The fourth-order valence-corrected chi connectivity index (χ4v) is 3.23. The summed E-state index contributed by atoms with van der Waals surface area (Å²) in [5.41, 5.74) is 1.92. The summed E-state index contributed by atoms with van der Waals surface area (Å²) < 4.78 is 38.8. The van der Waals surface area contributed by atoms with Crippen LogP contribution in [0.15, 0.2) is 28.9 Å². The smallest absolute Gasteiger partial charge is 0.309 e. The molecule has 0 fully saturated rings. The molecule has 108 valence electrons. The number of nitrogens with one attached hydrogen (secondary N) is 1. The lowest BCUT2D eigenvalue weighted by atomic mass is 10.0. The van der Waals surface area contributed by atoms with Gasteiger partial charge in [0.15, 0.2) is 5.01 Å². The molecule has 0 bridgehead atoms. The summed E-state index contributed by atoms with van der Waals surface area (Å²) in [6.07, 6.45) is -3.11. The zero-order valence-corrected chi connectivity index (χ0v) is 13.2. The molecule has 0 saturated carbocycles. The molecule has 2 aromatic rings. The van der Waals surface area contributed by atoms with Crippen molar-refractivity contribution in [2.75, 3.05) is 7.05 Å². The third kappa shape index (κ3) is 3.05. The Morgan fingerprint density at radius 3 is 2.60 bits per heavy atom. The van der Waals surface area contributed by atoms with Gasteiger partial charge in [0.25, 0.3) is 0 Å². The van der Waals surface area contributed by atoms with Crippen molar-refractivity contribution >= 4 is 27.3 Å². The van der Waals surface area contributed by atoms with Crippen LogP contribution in [0.5, 0.6) is 0 Å². The first kappa shape index (κ1) is 15.5. The summed E-state index contributed by atoms with van der Waals surface area (Å²) >= 11 is 4.10. The summed E-state index contributed by atoms with van der Waals surface area (Å²) in [4.78, 5) is 4.02. The quantitative estimate of drug-likeness (QED) is 0.864. The molecular weight excluding hydrogens is 353 g/mol. The minimum absolute atomic E-state index is 0.305. The molecule has 7 heteroatoms. The molecule has 0 saturated heterocycles. The Hall–Kier alpha value is -0.920. The van der Waals surface area contributed by atoms with Gasteiger partial charge in [-0.2, -0.15) is 13.2 Å². The normalized spacial score (nSPS) is 13.5. The van der Waals surface area contributed by atoms with Crippen molar-refractivity contribution in [1.29, 1.82) is 0 Å². The zero-order chi connectivity index (χ0) is 14.9. The van der Waals surface area contributed by atoms with E-state index in [0.717, 1.165) is 15.6 Å². The van der Waals surface area contributed by atoms with E-state index in [9.17, 15) is 13.2 Å². The van der Waals surface area contributed by atoms with Crippen LogP contribution >= 0.6 is 27.3 Å². The van der Waals surface area contributed by atoms with Crippen molar-refractivity contribution in [2.24, 2.45) is 0 Å². The van der Waals surface area contributed by atoms with Gasteiger partial charge in [-0.25, -0.2) is 4.98 Å². The predicted molar refractivity (Wildman–Crippen MR) is 76.9 cm³/mol. The van der Waals surface area contributed by atoms with Crippen LogP contribution in [0.3, 0.4) is 0 Å². The first-order valence-electron chi connectivity index (χ1n) is 5.79. The largest absolute Gasteiger partial charge is 0.443 e. The Kier molecular flexibility index (Phi) is 4.51. The standard InChI is InChI=1S/C13H12BrF3N2S/c1-7-8(4-3-5-9(7)14)11(18-2)10-6-19-12(20-10)13(15,16)17/h3-6,11,18H,1-2H3. The van der Waals surface area contributed by atoms with E-state index in [-0.39, 0.29) is 6.04 Å². The Labute approximate surface area is 127 Å². The van der Waals surface area contributed by atoms with Gasteiger partial charge >= 0.3 is 6.18 Å². The molecule has 1 heterocycles. The van der Waals surface area contributed by atoms with Crippen LogP contribution in [0.1, 0.15) is 27.1 Å². The van der Waals surface area contributed by atoms with E-state index in [4.69, 9.17) is 0 Å². The Morgan fingerprint density at radius 2 is 2.05 bits per heavy atom. The number of halogens is 4. The number of hydrogen-bond acceptors (Lipinski definition) is 3. The summed E-state index contributed by atoms with van der Waals surface area (Å²) in [5, 5.41) is 2.23. The van der Waals surface area contributed by atoms with Gasteiger partial charge in [0.1, 0.15) is 0 Å². The topological polar surface area (TPSA) is 24.9 Å². The highest BCUT2D eigenvalue weighted by Gasteiger charge is 2.35. The van der Waals surface area contributed by atoms with Crippen LogP contribution in [0, 0.1) is 6.92 Å². The highest BCUT2D eigenvalue weighted by Crippen LogP contribution is 2.37. The molecule has 1 aromatic carbocycles. The van der Waals surface area contributed by atoms with E-state index >= 15 is 0 Å². The van der Waals surface area contributed by atoms with E-state index in [2.05, 4.69) is 26.2 Å². The molecule has 0 spiro atoms. The maximum absolute atomic E-state index is 12.6. The van der Waals surface area contributed by atoms with Crippen LogP contribution in [0.4, 0.5) is 13.2 Å². The van der Waals surface area contributed by atoms with Crippen LogP contribution < -0.4 is 5.32 Å². The number of rotatable bonds is 3. The van der Waals surface area contributed by atoms with E-state index in [0.29, 0.717) is 16.2 Å². The third-order valence-electron chi connectivity index (χ3n) is 2.96. The molecule has 1 aromatic heterocycles. The average molecular weight is 365 g/mol. The summed E-state index contributed by atoms with van der Waals surface area (Å²) in [6.45, 7) is 1.93. The molecule has 1 N–H and O–H groups in total. The predicted octanol–water partition coefficient (Wildman–Crippen LogP) is 4.54. The van der Waals surface area contributed by atoms with Gasteiger partial charge in [-0.15, -0.1) is 11.3 Å². The van der Waals surface area contributed by atoms with Crippen LogP contribution in [0.2, 0.25) is 0 Å². The van der Waals surface area contributed by atoms with Gasteiger partial charge < -0.3 is 5.32 Å². The van der Waals surface area contributed by atoms with Gasteiger partial charge in [-0.05, 0) is 31.2 Å². The number of nitrogens with zero attached hydrogens (tertiary/aromatic N) is 1. The minimum Gasteiger partial charge on any atom is -0.309 e. The molecular formula is C13H12BrF3N2S. The Balaban J connectivity index is 2.43. The lowest BCUT2D eigenvalue weighted by Crippen LogP contribution is -2.17. The van der Waals surface area contributed by atoms with Gasteiger partial charge in [0, 0.05) is 15.5 Å². The second kappa shape index (κ2) is 5.83. The van der Waals surface area contributed by atoms with Gasteiger partial charge in [-0.1, -0.05) is 28.1 Å². The molecule has 0 aliphatic rings. The maximum Gasteiger partial charge on any atom is 0.443 e. The highest BCUT2D eigenvalue weighted by molar-refractivity contribution is 9.10. The van der Waals surface area contributed by atoms with E-state index in [1.54, 1.807) is 7.05 Å². The molecule has 0 amide bonds. The highest BCUT2D eigenvalue weighted by atomic mass is 79.9. The molecule has 1 unspecified atom stereocenters. The zero-order valence-electron chi connectivity index (χ0n) is 10.8. The molecule has 0 aliphatic carbocycles. The molecule has 20 heavy (non-hydrogen) atoms. The lowest BCUT2D eigenvalue weighted by molar-refractivity contribution is -0.137. The summed E-state index contributed by atoms with van der Waals surface area (Å²) in [6, 6.07) is 5.36. The lowest BCUT2D eigenvalue weighted by Gasteiger charge is -2.18. The Bertz CT molecular complexity index is 610. The fraction of sp³-hybridized carbons (Fsp3) is 0.308. The third-order valence-corrected chi connectivity index (χ3v) is 4.93. The van der Waals surface area contributed by atoms with E-state index in [1.165, 1.54) is 6.20 Å². The maximum atomic E-state index is 12.6.